The Kier molecular flexibility index (Phi) is 3.02. The van der Waals surface area contributed by atoms with E-state index in [2.05, 4.69) is 26.1 Å². The molecule has 2 saturated carbocycles. The number of hydrogen-bond donors (Lipinski definition) is 2. The quantitative estimate of drug-likeness (QED) is 0.877. The van der Waals surface area contributed by atoms with E-state index in [1.807, 2.05) is 12.1 Å². The molecule has 0 amide bonds. The summed E-state index contributed by atoms with van der Waals surface area (Å²) >= 11 is 0. The van der Waals surface area contributed by atoms with Crippen molar-refractivity contribution < 1.29 is 9.52 Å². The van der Waals surface area contributed by atoms with Gasteiger partial charge in [-0.15, -0.1) is 0 Å². The van der Waals surface area contributed by atoms with E-state index in [1.165, 1.54) is 19.3 Å². The standard InChI is InChI=1S/C16H25NO2/c1-15(2)11-6-7-16(3,9-11)14(15)17-10-12(18)13-5-4-8-19-13/h4-5,8,11-12,14,17-18H,6-7,9-10H2,1-3H3. The Morgan fingerprint density at radius 1 is 1.47 bits per heavy atom. The SMILES string of the molecule is CC12CCC(C1)C(C)(C)C2NCC(O)c1ccco1. The summed E-state index contributed by atoms with van der Waals surface area (Å²) in [5.74, 6) is 1.48. The molecule has 3 nitrogen and oxygen atoms in total. The van der Waals surface area contributed by atoms with E-state index in [0.29, 0.717) is 29.2 Å². The van der Waals surface area contributed by atoms with Crippen molar-refractivity contribution in [1.29, 1.82) is 0 Å². The average Bonchev–Trinajstić information content (AvgIpc) is 3.00. The van der Waals surface area contributed by atoms with Crippen LogP contribution < -0.4 is 5.32 Å². The van der Waals surface area contributed by atoms with E-state index in [4.69, 9.17) is 4.42 Å². The van der Waals surface area contributed by atoms with Gasteiger partial charge in [-0.2, -0.15) is 0 Å². The number of aliphatic hydroxyl groups excluding tert-OH is 1. The van der Waals surface area contributed by atoms with Crippen LogP contribution in [0, 0.1) is 16.7 Å². The second kappa shape index (κ2) is 4.35. The van der Waals surface area contributed by atoms with E-state index < -0.39 is 6.10 Å². The lowest BCUT2D eigenvalue weighted by atomic mass is 9.68. The number of aliphatic hydroxyl groups is 1. The van der Waals surface area contributed by atoms with Gasteiger partial charge in [-0.3, -0.25) is 0 Å². The van der Waals surface area contributed by atoms with Crippen LogP contribution in [-0.4, -0.2) is 17.7 Å². The zero-order valence-electron chi connectivity index (χ0n) is 12.1. The minimum atomic E-state index is -0.548. The van der Waals surface area contributed by atoms with Gasteiger partial charge in [-0.25, -0.2) is 0 Å². The molecule has 2 bridgehead atoms. The molecule has 0 aromatic carbocycles. The molecule has 0 radical (unpaired) electrons. The number of furan rings is 1. The van der Waals surface area contributed by atoms with Crippen molar-refractivity contribution in [3.8, 4) is 0 Å². The summed E-state index contributed by atoms with van der Waals surface area (Å²) in [6.07, 6.45) is 5.07. The van der Waals surface area contributed by atoms with Gasteiger partial charge in [0.25, 0.3) is 0 Å². The van der Waals surface area contributed by atoms with Crippen LogP contribution in [0.1, 0.15) is 51.9 Å². The maximum atomic E-state index is 10.1. The topological polar surface area (TPSA) is 45.4 Å². The molecule has 4 atom stereocenters. The van der Waals surface area contributed by atoms with Crippen LogP contribution >= 0.6 is 0 Å². The highest BCUT2D eigenvalue weighted by atomic mass is 16.4. The van der Waals surface area contributed by atoms with E-state index in [0.717, 1.165) is 5.92 Å². The molecule has 0 saturated heterocycles. The van der Waals surface area contributed by atoms with Gasteiger partial charge in [-0.1, -0.05) is 20.8 Å². The molecule has 1 aromatic rings. The molecule has 2 N–H and O–H groups in total. The van der Waals surface area contributed by atoms with E-state index in [-0.39, 0.29) is 0 Å². The molecule has 2 aliphatic carbocycles. The zero-order valence-corrected chi connectivity index (χ0v) is 12.1. The molecule has 4 unspecified atom stereocenters. The number of rotatable bonds is 4. The summed E-state index contributed by atoms with van der Waals surface area (Å²) in [7, 11) is 0. The van der Waals surface area contributed by atoms with Crippen molar-refractivity contribution >= 4 is 0 Å². The summed E-state index contributed by atoms with van der Waals surface area (Å²) in [5, 5.41) is 13.8. The molecule has 0 spiro atoms. The average molecular weight is 263 g/mol. The Morgan fingerprint density at radius 2 is 2.26 bits per heavy atom. The molecule has 1 heterocycles. The Morgan fingerprint density at radius 3 is 2.84 bits per heavy atom. The summed E-state index contributed by atoms with van der Waals surface area (Å²) in [6.45, 7) is 7.72. The van der Waals surface area contributed by atoms with Gasteiger partial charge in [0.1, 0.15) is 11.9 Å². The lowest BCUT2D eigenvalue weighted by molar-refractivity contribution is 0.0816. The molecule has 19 heavy (non-hydrogen) atoms. The second-order valence-corrected chi connectivity index (χ2v) is 7.29. The summed E-state index contributed by atoms with van der Waals surface area (Å²) < 4.78 is 5.26. The molecule has 3 rings (SSSR count). The highest BCUT2D eigenvalue weighted by Gasteiger charge is 2.58. The maximum Gasteiger partial charge on any atom is 0.133 e. The highest BCUT2D eigenvalue weighted by Crippen LogP contribution is 2.62. The van der Waals surface area contributed by atoms with Crippen LogP contribution in [0.4, 0.5) is 0 Å². The molecule has 106 valence electrons. The largest absolute Gasteiger partial charge is 0.467 e. The van der Waals surface area contributed by atoms with Crippen molar-refractivity contribution in [3.63, 3.8) is 0 Å². The van der Waals surface area contributed by atoms with Crippen molar-refractivity contribution in [1.82, 2.24) is 5.32 Å². The third-order valence-corrected chi connectivity index (χ3v) is 5.66. The lowest BCUT2D eigenvalue weighted by Gasteiger charge is -2.43. The predicted molar refractivity (Wildman–Crippen MR) is 74.7 cm³/mol. The Bertz CT molecular complexity index is 435. The van der Waals surface area contributed by atoms with Crippen LogP contribution in [-0.2, 0) is 0 Å². The molecule has 2 fully saturated rings. The first kappa shape index (κ1) is 13.2. The van der Waals surface area contributed by atoms with Gasteiger partial charge in [0, 0.05) is 12.6 Å². The highest BCUT2D eigenvalue weighted by molar-refractivity contribution is 5.12. The predicted octanol–water partition coefficient (Wildman–Crippen LogP) is 3.12. The van der Waals surface area contributed by atoms with Crippen molar-refractivity contribution in [2.45, 2.75) is 52.2 Å². The fraction of sp³-hybridized carbons (Fsp3) is 0.750. The van der Waals surface area contributed by atoms with Gasteiger partial charge in [0.05, 0.1) is 6.26 Å². The first-order chi connectivity index (χ1) is 8.93. The molecule has 2 aliphatic rings. The third kappa shape index (κ3) is 2.03. The molecule has 1 aromatic heterocycles. The monoisotopic (exact) mass is 263 g/mol. The Labute approximate surface area is 115 Å². The summed E-state index contributed by atoms with van der Waals surface area (Å²) in [5.41, 5.74) is 0.729. The van der Waals surface area contributed by atoms with Crippen LogP contribution in [0.5, 0.6) is 0 Å². The van der Waals surface area contributed by atoms with Crippen molar-refractivity contribution in [2.75, 3.05) is 6.54 Å². The molecular formula is C16H25NO2. The fourth-order valence-corrected chi connectivity index (χ4v) is 4.62. The van der Waals surface area contributed by atoms with Gasteiger partial charge in [0.2, 0.25) is 0 Å². The first-order valence-electron chi connectivity index (χ1n) is 7.38. The van der Waals surface area contributed by atoms with Crippen molar-refractivity contribution in [2.24, 2.45) is 16.7 Å². The van der Waals surface area contributed by atoms with Gasteiger partial charge in [-0.05, 0) is 48.1 Å². The number of hydrogen-bond acceptors (Lipinski definition) is 3. The fourth-order valence-electron chi connectivity index (χ4n) is 4.62. The molecular weight excluding hydrogens is 238 g/mol. The van der Waals surface area contributed by atoms with E-state index in [9.17, 15) is 5.11 Å². The van der Waals surface area contributed by atoms with Crippen LogP contribution in [0.3, 0.4) is 0 Å². The smallest absolute Gasteiger partial charge is 0.133 e. The second-order valence-electron chi connectivity index (χ2n) is 7.29. The van der Waals surface area contributed by atoms with Gasteiger partial charge in [0.15, 0.2) is 0 Å². The lowest BCUT2D eigenvalue weighted by Crippen LogP contribution is -2.51. The normalized spacial score (nSPS) is 37.7. The minimum absolute atomic E-state index is 0.329. The van der Waals surface area contributed by atoms with E-state index in [1.54, 1.807) is 6.26 Å². The zero-order chi connectivity index (χ0) is 13.7. The summed E-state index contributed by atoms with van der Waals surface area (Å²) in [4.78, 5) is 0. The van der Waals surface area contributed by atoms with Crippen LogP contribution in [0.15, 0.2) is 22.8 Å². The first-order valence-corrected chi connectivity index (χ1v) is 7.38. The Hall–Kier alpha value is -0.800. The van der Waals surface area contributed by atoms with E-state index >= 15 is 0 Å². The number of nitrogens with one attached hydrogen (secondary N) is 1. The van der Waals surface area contributed by atoms with Crippen molar-refractivity contribution in [3.05, 3.63) is 24.2 Å². The van der Waals surface area contributed by atoms with Crippen LogP contribution in [0.2, 0.25) is 0 Å². The van der Waals surface area contributed by atoms with Crippen LogP contribution in [0.25, 0.3) is 0 Å². The summed E-state index contributed by atoms with van der Waals surface area (Å²) in [6, 6.07) is 4.14. The third-order valence-electron chi connectivity index (χ3n) is 5.66. The van der Waals surface area contributed by atoms with Gasteiger partial charge >= 0.3 is 0 Å². The minimum Gasteiger partial charge on any atom is -0.467 e. The molecule has 3 heteroatoms. The molecule has 0 aliphatic heterocycles. The number of fused-ring (bicyclic) bond motifs is 2. The maximum absolute atomic E-state index is 10.1. The van der Waals surface area contributed by atoms with Gasteiger partial charge < -0.3 is 14.8 Å². The Balaban J connectivity index is 1.67.